The van der Waals surface area contributed by atoms with Gasteiger partial charge in [-0.25, -0.2) is 0 Å². The van der Waals surface area contributed by atoms with E-state index in [0.717, 1.165) is 67.0 Å². The van der Waals surface area contributed by atoms with Gasteiger partial charge in [-0.15, -0.1) is 0 Å². The lowest BCUT2D eigenvalue weighted by Crippen LogP contribution is -2.35. The number of benzene rings is 5. The van der Waals surface area contributed by atoms with Crippen molar-refractivity contribution < 1.29 is 24.1 Å². The molecule has 42 heavy (non-hydrogen) atoms. The minimum atomic E-state index is -1.15. The fraction of sp³-hybridized carbons (Fsp3) is 0.189. The molecule has 1 unspecified atom stereocenters. The van der Waals surface area contributed by atoms with Crippen LogP contribution in [0.1, 0.15) is 41.2 Å². The van der Waals surface area contributed by atoms with E-state index in [2.05, 4.69) is 24.3 Å². The van der Waals surface area contributed by atoms with Gasteiger partial charge in [-0.3, -0.25) is 0 Å². The molecular weight excluding hydrogens is 524 g/mol. The normalized spacial score (nSPS) is 17.6. The molecule has 0 bridgehead atoms. The second kappa shape index (κ2) is 9.68. The van der Waals surface area contributed by atoms with Crippen molar-refractivity contribution in [3.8, 4) is 34.1 Å². The summed E-state index contributed by atoms with van der Waals surface area (Å²) >= 11 is 0. The molecule has 5 heteroatoms. The summed E-state index contributed by atoms with van der Waals surface area (Å²) in [4.78, 5) is 0. The highest BCUT2D eigenvalue weighted by Gasteiger charge is 2.46. The lowest BCUT2D eigenvalue weighted by Gasteiger charge is -2.38. The van der Waals surface area contributed by atoms with Crippen LogP contribution in [-0.2, 0) is 11.2 Å². The topological polar surface area (TPSA) is 57.2 Å². The van der Waals surface area contributed by atoms with Gasteiger partial charge >= 0.3 is 0 Å². The third-order valence-corrected chi connectivity index (χ3v) is 8.86. The lowest BCUT2D eigenvalue weighted by atomic mass is 9.79. The first-order valence-electron chi connectivity index (χ1n) is 14.1. The monoisotopic (exact) mass is 556 g/mol. The van der Waals surface area contributed by atoms with Crippen molar-refractivity contribution in [2.75, 3.05) is 21.3 Å². The SMILES string of the molecule is CCC1(O)c2ccccc2-c2c1c1c(c3cc(OC)ccc23)OC(c2ccc(OC)cc2)(c2ccc(OC)cc2)C=C1. The van der Waals surface area contributed by atoms with Gasteiger partial charge in [0.2, 0.25) is 0 Å². The number of methoxy groups -OCH3 is 3. The summed E-state index contributed by atoms with van der Waals surface area (Å²) in [6.45, 7) is 2.03. The first-order valence-corrected chi connectivity index (χ1v) is 14.1. The first-order chi connectivity index (χ1) is 20.5. The summed E-state index contributed by atoms with van der Waals surface area (Å²) in [5, 5.41) is 14.3. The highest BCUT2D eigenvalue weighted by atomic mass is 16.5. The molecule has 1 heterocycles. The Kier molecular flexibility index (Phi) is 6.03. The van der Waals surface area contributed by atoms with Gasteiger partial charge in [0, 0.05) is 27.6 Å². The molecule has 0 saturated carbocycles. The van der Waals surface area contributed by atoms with E-state index in [4.69, 9.17) is 18.9 Å². The zero-order valence-electron chi connectivity index (χ0n) is 24.1. The molecule has 0 radical (unpaired) electrons. The number of aliphatic hydroxyl groups is 1. The van der Waals surface area contributed by atoms with E-state index in [1.165, 1.54) is 0 Å². The van der Waals surface area contributed by atoms with Gasteiger partial charge < -0.3 is 24.1 Å². The molecule has 0 aromatic heterocycles. The first kappa shape index (κ1) is 26.2. The Balaban J connectivity index is 1.56. The number of fused-ring (bicyclic) bond motifs is 8. The van der Waals surface area contributed by atoms with Crippen LogP contribution in [0.5, 0.6) is 23.0 Å². The van der Waals surface area contributed by atoms with E-state index in [-0.39, 0.29) is 0 Å². The molecular formula is C37H32O5. The predicted octanol–water partition coefficient (Wildman–Crippen LogP) is 7.84. The van der Waals surface area contributed by atoms with Crippen LogP contribution >= 0.6 is 0 Å². The second-order valence-corrected chi connectivity index (χ2v) is 10.8. The van der Waals surface area contributed by atoms with Gasteiger partial charge in [0.15, 0.2) is 5.60 Å². The molecule has 7 rings (SSSR count). The molecule has 0 spiro atoms. The van der Waals surface area contributed by atoms with Crippen LogP contribution < -0.4 is 18.9 Å². The summed E-state index contributed by atoms with van der Waals surface area (Å²) in [6, 6.07) is 30.2. The summed E-state index contributed by atoms with van der Waals surface area (Å²) < 4.78 is 23.9. The maximum atomic E-state index is 12.4. The molecule has 5 aromatic carbocycles. The Morgan fingerprint density at radius 2 is 1.31 bits per heavy atom. The van der Waals surface area contributed by atoms with Crippen molar-refractivity contribution in [1.29, 1.82) is 0 Å². The van der Waals surface area contributed by atoms with Crippen molar-refractivity contribution in [3.63, 3.8) is 0 Å². The third-order valence-electron chi connectivity index (χ3n) is 8.86. The fourth-order valence-electron chi connectivity index (χ4n) is 6.68. The molecule has 2 aliphatic rings. The van der Waals surface area contributed by atoms with E-state index in [1.54, 1.807) is 21.3 Å². The summed E-state index contributed by atoms with van der Waals surface area (Å²) in [7, 11) is 4.99. The molecule has 0 fully saturated rings. The van der Waals surface area contributed by atoms with Gasteiger partial charge in [-0.05, 0) is 77.0 Å². The minimum absolute atomic E-state index is 0.529. The van der Waals surface area contributed by atoms with Crippen molar-refractivity contribution in [3.05, 3.63) is 125 Å². The molecule has 1 aliphatic heterocycles. The van der Waals surface area contributed by atoms with Crippen molar-refractivity contribution in [2.24, 2.45) is 0 Å². The zero-order chi connectivity index (χ0) is 29.1. The van der Waals surface area contributed by atoms with Gasteiger partial charge in [-0.1, -0.05) is 61.5 Å². The quantitative estimate of drug-likeness (QED) is 0.231. The van der Waals surface area contributed by atoms with Crippen molar-refractivity contribution in [1.82, 2.24) is 0 Å². The van der Waals surface area contributed by atoms with E-state index < -0.39 is 11.2 Å². The number of ether oxygens (including phenoxy) is 4. The molecule has 1 N–H and O–H groups in total. The second-order valence-electron chi connectivity index (χ2n) is 10.8. The van der Waals surface area contributed by atoms with Gasteiger partial charge in [0.25, 0.3) is 0 Å². The van der Waals surface area contributed by atoms with Crippen LogP contribution in [0.25, 0.3) is 28.0 Å². The van der Waals surface area contributed by atoms with Gasteiger partial charge in [0.1, 0.15) is 28.6 Å². The zero-order valence-corrected chi connectivity index (χ0v) is 24.1. The van der Waals surface area contributed by atoms with Crippen LogP contribution in [-0.4, -0.2) is 26.4 Å². The summed E-state index contributed by atoms with van der Waals surface area (Å²) in [5.41, 5.74) is 4.55. The molecule has 210 valence electrons. The number of hydrogen-bond donors (Lipinski definition) is 1. The van der Waals surface area contributed by atoms with Crippen LogP contribution in [0.15, 0.2) is 97.1 Å². The van der Waals surface area contributed by atoms with Crippen LogP contribution in [0.2, 0.25) is 0 Å². The van der Waals surface area contributed by atoms with Crippen molar-refractivity contribution in [2.45, 2.75) is 24.5 Å². The van der Waals surface area contributed by atoms with E-state index in [0.29, 0.717) is 12.2 Å². The fourth-order valence-corrected chi connectivity index (χ4v) is 6.68. The summed E-state index contributed by atoms with van der Waals surface area (Å²) in [6.07, 6.45) is 4.75. The number of rotatable bonds is 6. The molecule has 0 amide bonds. The average Bonchev–Trinajstić information content (AvgIpc) is 3.33. The Morgan fingerprint density at radius 3 is 1.90 bits per heavy atom. The van der Waals surface area contributed by atoms with Crippen LogP contribution in [0.3, 0.4) is 0 Å². The van der Waals surface area contributed by atoms with Crippen LogP contribution in [0, 0.1) is 0 Å². The molecule has 1 atom stereocenters. The Bertz CT molecular complexity index is 1810. The standard InChI is InChI=1S/C37H32O5/c1-5-36(38)32-9-7-6-8-29(32)33-28-19-18-27(41-4)22-31(28)35-30(34(33)36)20-21-37(42-35,23-10-14-25(39-2)15-11-23)24-12-16-26(40-3)17-13-24/h6-22,38H,5H2,1-4H3. The van der Waals surface area contributed by atoms with Crippen molar-refractivity contribution >= 4 is 16.8 Å². The molecule has 5 nitrogen and oxygen atoms in total. The smallest absolute Gasteiger partial charge is 0.178 e. The lowest BCUT2D eigenvalue weighted by molar-refractivity contribution is 0.0801. The largest absolute Gasteiger partial charge is 0.497 e. The van der Waals surface area contributed by atoms with Crippen LogP contribution in [0.4, 0.5) is 0 Å². The van der Waals surface area contributed by atoms with E-state index in [1.807, 2.05) is 85.8 Å². The predicted molar refractivity (Wildman–Crippen MR) is 166 cm³/mol. The highest BCUT2D eigenvalue weighted by Crippen LogP contribution is 2.58. The van der Waals surface area contributed by atoms with E-state index in [9.17, 15) is 5.11 Å². The Labute approximate surface area is 245 Å². The number of hydrogen-bond acceptors (Lipinski definition) is 5. The highest BCUT2D eigenvalue weighted by molar-refractivity contribution is 6.08. The molecule has 1 aliphatic carbocycles. The molecule has 5 aromatic rings. The average molecular weight is 557 g/mol. The Morgan fingerprint density at radius 1 is 0.714 bits per heavy atom. The summed E-state index contributed by atoms with van der Waals surface area (Å²) in [5.74, 6) is 2.97. The third kappa shape index (κ3) is 3.60. The van der Waals surface area contributed by atoms with E-state index >= 15 is 0 Å². The molecule has 0 saturated heterocycles. The maximum Gasteiger partial charge on any atom is 0.178 e. The van der Waals surface area contributed by atoms with Gasteiger partial charge in [-0.2, -0.15) is 0 Å². The maximum absolute atomic E-state index is 12.4. The minimum Gasteiger partial charge on any atom is -0.497 e. The Hall–Kier alpha value is -4.74. The van der Waals surface area contributed by atoms with Gasteiger partial charge in [0.05, 0.1) is 21.3 Å².